The van der Waals surface area contributed by atoms with Crippen molar-refractivity contribution < 1.29 is 9.53 Å². The lowest BCUT2D eigenvalue weighted by molar-refractivity contribution is 0.0591. The van der Waals surface area contributed by atoms with Crippen LogP contribution in [-0.2, 0) is 4.74 Å². The predicted molar refractivity (Wildman–Crippen MR) is 146 cm³/mol. The third kappa shape index (κ3) is 7.40. The minimum atomic E-state index is -0.156. The van der Waals surface area contributed by atoms with Gasteiger partial charge in [0.2, 0.25) is 0 Å². The number of anilines is 1. The van der Waals surface area contributed by atoms with Crippen LogP contribution in [0.15, 0.2) is 58.5 Å². The normalized spacial score (nSPS) is 17.7. The van der Waals surface area contributed by atoms with Crippen LogP contribution in [-0.4, -0.2) is 67.6 Å². The molecule has 5 nitrogen and oxygen atoms in total. The lowest BCUT2D eigenvalue weighted by atomic mass is 10.0. The van der Waals surface area contributed by atoms with E-state index in [-0.39, 0.29) is 5.78 Å². The molecule has 0 aliphatic carbocycles. The summed E-state index contributed by atoms with van der Waals surface area (Å²) in [5.74, 6) is -0.156. The van der Waals surface area contributed by atoms with Crippen LogP contribution < -0.4 is 5.32 Å². The highest BCUT2D eigenvalue weighted by Gasteiger charge is 2.19. The molecule has 0 radical (unpaired) electrons. The van der Waals surface area contributed by atoms with Crippen molar-refractivity contribution in [2.24, 2.45) is 0 Å². The number of ether oxygens (including phenoxy) is 1. The largest absolute Gasteiger partial charge is 0.382 e. The van der Waals surface area contributed by atoms with Gasteiger partial charge in [0.25, 0.3) is 0 Å². The van der Waals surface area contributed by atoms with Gasteiger partial charge in [0.1, 0.15) is 0 Å². The van der Waals surface area contributed by atoms with E-state index in [1.54, 1.807) is 23.9 Å². The van der Waals surface area contributed by atoms with Crippen LogP contribution in [0.4, 0.5) is 5.69 Å². The van der Waals surface area contributed by atoms with Crippen molar-refractivity contribution in [1.82, 2.24) is 9.80 Å². The van der Waals surface area contributed by atoms with E-state index >= 15 is 0 Å². The molecule has 0 bridgehead atoms. The van der Waals surface area contributed by atoms with E-state index in [1.807, 2.05) is 12.3 Å². The van der Waals surface area contributed by atoms with Gasteiger partial charge in [0.05, 0.1) is 23.3 Å². The van der Waals surface area contributed by atoms with Gasteiger partial charge in [0.15, 0.2) is 5.78 Å². The van der Waals surface area contributed by atoms with Gasteiger partial charge in [0, 0.05) is 65.5 Å². The zero-order chi connectivity index (χ0) is 24.6. The van der Waals surface area contributed by atoms with Gasteiger partial charge in [-0.2, -0.15) is 0 Å². The zero-order valence-electron chi connectivity index (χ0n) is 20.1. The number of hydrogen-bond acceptors (Lipinski definition) is 6. The molecular weight excluding hydrogens is 501 g/mol. The summed E-state index contributed by atoms with van der Waals surface area (Å²) in [4.78, 5) is 19.2. The SMILES string of the molecule is CCCN1CCC(Nc2cccc(Sc3ccc(C(=O)C=CN4CCOCC4)c(Cl)c3Cl)c2)CC1. The molecule has 1 N–H and O–H groups in total. The zero-order valence-corrected chi connectivity index (χ0v) is 22.5. The number of morpholine rings is 1. The summed E-state index contributed by atoms with van der Waals surface area (Å²) in [6, 6.07) is 12.5. The topological polar surface area (TPSA) is 44.8 Å². The smallest absolute Gasteiger partial charge is 0.188 e. The summed E-state index contributed by atoms with van der Waals surface area (Å²) in [6.45, 7) is 8.64. The van der Waals surface area contributed by atoms with Crippen molar-refractivity contribution in [3.05, 3.63) is 64.3 Å². The van der Waals surface area contributed by atoms with Crippen molar-refractivity contribution in [2.75, 3.05) is 51.3 Å². The van der Waals surface area contributed by atoms with E-state index in [4.69, 9.17) is 27.9 Å². The van der Waals surface area contributed by atoms with E-state index in [0.29, 0.717) is 34.9 Å². The average Bonchev–Trinajstić information content (AvgIpc) is 2.88. The Hall–Kier alpha value is -1.70. The Balaban J connectivity index is 1.38. The Bertz CT molecular complexity index is 1040. The Morgan fingerprint density at radius 1 is 1.11 bits per heavy atom. The number of hydrogen-bond donors (Lipinski definition) is 1. The second-order valence-electron chi connectivity index (χ2n) is 8.96. The lowest BCUT2D eigenvalue weighted by Crippen LogP contribution is -2.39. The summed E-state index contributed by atoms with van der Waals surface area (Å²) in [6.07, 6.45) is 6.90. The fraction of sp³-hybridized carbons (Fsp3) is 0.444. The number of carbonyl (C=O) groups excluding carboxylic acids is 1. The van der Waals surface area contributed by atoms with Crippen molar-refractivity contribution in [2.45, 2.75) is 42.0 Å². The van der Waals surface area contributed by atoms with Gasteiger partial charge >= 0.3 is 0 Å². The van der Waals surface area contributed by atoms with Gasteiger partial charge in [-0.1, -0.05) is 48.0 Å². The number of rotatable bonds is 9. The molecular formula is C27H33Cl2N3O2S. The molecule has 2 aromatic rings. The fourth-order valence-electron chi connectivity index (χ4n) is 4.42. The summed E-state index contributed by atoms with van der Waals surface area (Å²) in [5, 5.41) is 4.40. The van der Waals surface area contributed by atoms with Gasteiger partial charge in [-0.05, 0) is 56.1 Å². The molecule has 0 amide bonds. The Morgan fingerprint density at radius 2 is 1.89 bits per heavy atom. The summed E-state index contributed by atoms with van der Waals surface area (Å²) >= 11 is 14.7. The number of ketones is 1. The molecule has 2 heterocycles. The molecule has 0 atom stereocenters. The maximum atomic E-state index is 12.7. The van der Waals surface area contributed by atoms with Gasteiger partial charge in [-0.25, -0.2) is 0 Å². The van der Waals surface area contributed by atoms with Crippen LogP contribution in [0.3, 0.4) is 0 Å². The molecule has 2 fully saturated rings. The van der Waals surface area contributed by atoms with Crippen molar-refractivity contribution in [1.29, 1.82) is 0 Å². The molecule has 35 heavy (non-hydrogen) atoms. The predicted octanol–water partition coefficient (Wildman–Crippen LogP) is 6.46. The minimum Gasteiger partial charge on any atom is -0.382 e. The van der Waals surface area contributed by atoms with E-state index < -0.39 is 0 Å². The number of halogens is 2. The molecule has 0 aromatic heterocycles. The molecule has 2 aliphatic rings. The highest BCUT2D eigenvalue weighted by molar-refractivity contribution is 7.99. The minimum absolute atomic E-state index is 0.156. The summed E-state index contributed by atoms with van der Waals surface area (Å²) in [7, 11) is 0. The summed E-state index contributed by atoms with van der Waals surface area (Å²) < 4.78 is 5.34. The molecule has 2 aliphatic heterocycles. The van der Waals surface area contributed by atoms with E-state index in [9.17, 15) is 4.79 Å². The first kappa shape index (κ1) is 26.4. The number of likely N-dealkylation sites (tertiary alicyclic amines) is 1. The first-order valence-electron chi connectivity index (χ1n) is 12.3. The molecule has 188 valence electrons. The second kappa shape index (κ2) is 13.0. The van der Waals surface area contributed by atoms with E-state index in [0.717, 1.165) is 54.5 Å². The summed E-state index contributed by atoms with van der Waals surface area (Å²) in [5.41, 5.74) is 1.53. The third-order valence-electron chi connectivity index (χ3n) is 6.35. The number of carbonyl (C=O) groups is 1. The quantitative estimate of drug-likeness (QED) is 0.294. The van der Waals surface area contributed by atoms with Crippen LogP contribution in [0, 0.1) is 0 Å². The third-order valence-corrected chi connectivity index (χ3v) is 8.40. The van der Waals surface area contributed by atoms with Crippen molar-refractivity contribution in [3.63, 3.8) is 0 Å². The molecule has 8 heteroatoms. The first-order chi connectivity index (χ1) is 17.0. The molecule has 2 aromatic carbocycles. The Kier molecular flexibility index (Phi) is 9.81. The monoisotopic (exact) mass is 533 g/mol. The standard InChI is InChI=1S/C27H33Cl2N3O2S/c1-2-11-31-12-8-20(9-13-31)30-21-4-3-5-22(19-21)35-25-7-6-23(26(28)27(25)29)24(33)10-14-32-15-17-34-18-16-32/h3-7,10,14,19-20,30H,2,8-9,11-13,15-18H2,1H3. The number of benzene rings is 2. The fourth-order valence-corrected chi connectivity index (χ4v) is 5.93. The van der Waals surface area contributed by atoms with Gasteiger partial charge in [-0.15, -0.1) is 0 Å². The lowest BCUT2D eigenvalue weighted by Gasteiger charge is -2.32. The number of piperidine rings is 1. The molecule has 0 unspecified atom stereocenters. The molecule has 4 rings (SSSR count). The van der Waals surface area contributed by atoms with Crippen molar-refractivity contribution >= 4 is 46.4 Å². The Morgan fingerprint density at radius 3 is 2.63 bits per heavy atom. The van der Waals surface area contributed by atoms with Gasteiger partial charge < -0.3 is 19.9 Å². The van der Waals surface area contributed by atoms with E-state index in [2.05, 4.69) is 46.3 Å². The number of nitrogens with one attached hydrogen (secondary N) is 1. The van der Waals surface area contributed by atoms with Crippen LogP contribution in [0.2, 0.25) is 10.0 Å². The van der Waals surface area contributed by atoms with Crippen LogP contribution in [0.1, 0.15) is 36.5 Å². The Labute approximate surface area is 222 Å². The van der Waals surface area contributed by atoms with Crippen LogP contribution in [0.25, 0.3) is 0 Å². The molecule has 0 spiro atoms. The first-order valence-corrected chi connectivity index (χ1v) is 13.9. The van der Waals surface area contributed by atoms with Gasteiger partial charge in [-0.3, -0.25) is 4.79 Å². The second-order valence-corrected chi connectivity index (χ2v) is 10.8. The number of allylic oxidation sites excluding steroid dienone is 1. The van der Waals surface area contributed by atoms with Crippen molar-refractivity contribution in [3.8, 4) is 0 Å². The maximum absolute atomic E-state index is 12.7. The molecule has 2 saturated heterocycles. The average molecular weight is 535 g/mol. The highest BCUT2D eigenvalue weighted by atomic mass is 35.5. The number of nitrogens with zero attached hydrogens (tertiary/aromatic N) is 2. The van der Waals surface area contributed by atoms with E-state index in [1.165, 1.54) is 13.0 Å². The highest BCUT2D eigenvalue weighted by Crippen LogP contribution is 2.39. The van der Waals surface area contributed by atoms with Crippen LogP contribution in [0.5, 0.6) is 0 Å². The van der Waals surface area contributed by atoms with Crippen LogP contribution >= 0.6 is 35.0 Å². The molecule has 0 saturated carbocycles. The maximum Gasteiger partial charge on any atom is 0.188 e.